The van der Waals surface area contributed by atoms with Crippen molar-refractivity contribution in [2.75, 3.05) is 5.32 Å². The summed E-state index contributed by atoms with van der Waals surface area (Å²) in [6, 6.07) is 10.4. The molecule has 4 heteroatoms. The molecular weight excluding hydrogens is 286 g/mol. The summed E-state index contributed by atoms with van der Waals surface area (Å²) in [5, 5.41) is 12.8. The number of fused-ring (bicyclic) bond motifs is 1. The van der Waals surface area contributed by atoms with Gasteiger partial charge < -0.3 is 10.4 Å². The number of hydrogen-bond acceptors (Lipinski definition) is 2. The molecule has 1 amide bonds. The third kappa shape index (κ3) is 2.88. The van der Waals surface area contributed by atoms with Gasteiger partial charge >= 0.3 is 0 Å². The van der Waals surface area contributed by atoms with E-state index in [-0.39, 0.29) is 17.2 Å². The maximum atomic E-state index is 12.4. The molecule has 0 heterocycles. The lowest BCUT2D eigenvalue weighted by Crippen LogP contribution is -2.15. The maximum Gasteiger partial charge on any atom is 0.257 e. The molecule has 108 valence electrons. The number of phenols is 1. The average Bonchev–Trinajstić information content (AvgIpc) is 2.50. The van der Waals surface area contributed by atoms with Crippen LogP contribution in [0.4, 0.5) is 5.69 Å². The molecule has 2 aromatic carbocycles. The van der Waals surface area contributed by atoms with Crippen molar-refractivity contribution in [2.24, 2.45) is 0 Å². The van der Waals surface area contributed by atoms with Crippen LogP contribution in [0.3, 0.4) is 0 Å². The minimum atomic E-state index is -0.296. The van der Waals surface area contributed by atoms with Crippen molar-refractivity contribution in [1.82, 2.24) is 0 Å². The second-order valence-corrected chi connectivity index (χ2v) is 5.68. The summed E-state index contributed by atoms with van der Waals surface area (Å²) in [5.41, 5.74) is 3.65. The van der Waals surface area contributed by atoms with Gasteiger partial charge in [0, 0.05) is 5.69 Å². The molecule has 0 saturated heterocycles. The van der Waals surface area contributed by atoms with E-state index in [9.17, 15) is 9.90 Å². The van der Waals surface area contributed by atoms with E-state index in [0.717, 1.165) is 24.9 Å². The van der Waals surface area contributed by atoms with Crippen LogP contribution in [0, 0.1) is 0 Å². The highest BCUT2D eigenvalue weighted by Gasteiger charge is 2.16. The van der Waals surface area contributed by atoms with E-state index in [1.807, 2.05) is 12.1 Å². The normalized spacial score (nSPS) is 13.6. The second kappa shape index (κ2) is 5.78. The lowest BCUT2D eigenvalue weighted by molar-refractivity contribution is 0.102. The van der Waals surface area contributed by atoms with Gasteiger partial charge in [-0.05, 0) is 61.1 Å². The first-order valence-electron chi connectivity index (χ1n) is 7.06. The Balaban J connectivity index is 1.90. The zero-order valence-corrected chi connectivity index (χ0v) is 12.3. The number of halogens is 1. The number of phenolic OH excluding ortho intramolecular Hbond substituents is 1. The summed E-state index contributed by atoms with van der Waals surface area (Å²) >= 11 is 6.03. The highest BCUT2D eigenvalue weighted by molar-refractivity contribution is 6.34. The van der Waals surface area contributed by atoms with Gasteiger partial charge in [-0.25, -0.2) is 0 Å². The molecule has 0 radical (unpaired) electrons. The van der Waals surface area contributed by atoms with E-state index < -0.39 is 0 Å². The first-order valence-corrected chi connectivity index (χ1v) is 7.43. The molecule has 0 saturated carbocycles. The number of aromatic hydroxyl groups is 1. The van der Waals surface area contributed by atoms with E-state index in [1.54, 1.807) is 0 Å². The van der Waals surface area contributed by atoms with Crippen molar-refractivity contribution in [3.8, 4) is 5.75 Å². The molecule has 2 aromatic rings. The molecule has 0 unspecified atom stereocenters. The zero-order chi connectivity index (χ0) is 14.8. The van der Waals surface area contributed by atoms with Crippen LogP contribution in [0.2, 0.25) is 5.02 Å². The predicted octanol–water partition coefficient (Wildman–Crippen LogP) is 4.18. The van der Waals surface area contributed by atoms with Crippen LogP contribution in [0.1, 0.15) is 34.3 Å². The molecule has 0 spiro atoms. The van der Waals surface area contributed by atoms with Gasteiger partial charge in [-0.2, -0.15) is 0 Å². The first kappa shape index (κ1) is 14.0. The van der Waals surface area contributed by atoms with Crippen LogP contribution in [0.5, 0.6) is 5.75 Å². The number of aryl methyl sites for hydroxylation is 1. The number of carbonyl (C=O) groups is 1. The molecule has 2 N–H and O–H groups in total. The van der Waals surface area contributed by atoms with Crippen molar-refractivity contribution in [3.05, 3.63) is 58.1 Å². The number of nitrogens with one attached hydrogen (secondary N) is 1. The molecular formula is C17H16ClNO2. The van der Waals surface area contributed by atoms with Crippen molar-refractivity contribution >= 4 is 23.2 Å². The Bertz CT molecular complexity index is 697. The van der Waals surface area contributed by atoms with Crippen LogP contribution in [0.15, 0.2) is 36.4 Å². The minimum absolute atomic E-state index is 0.0274. The van der Waals surface area contributed by atoms with Crippen molar-refractivity contribution in [3.63, 3.8) is 0 Å². The Morgan fingerprint density at radius 3 is 2.81 bits per heavy atom. The topological polar surface area (TPSA) is 49.3 Å². The zero-order valence-electron chi connectivity index (χ0n) is 11.5. The first-order chi connectivity index (χ1) is 10.1. The van der Waals surface area contributed by atoms with Crippen molar-refractivity contribution in [2.45, 2.75) is 25.7 Å². The van der Waals surface area contributed by atoms with Crippen LogP contribution < -0.4 is 5.32 Å². The van der Waals surface area contributed by atoms with Gasteiger partial charge in [0.2, 0.25) is 0 Å². The Morgan fingerprint density at radius 2 is 1.95 bits per heavy atom. The van der Waals surface area contributed by atoms with Crippen molar-refractivity contribution < 1.29 is 9.90 Å². The summed E-state index contributed by atoms with van der Waals surface area (Å²) in [7, 11) is 0. The Morgan fingerprint density at radius 1 is 1.14 bits per heavy atom. The van der Waals surface area contributed by atoms with Gasteiger partial charge in [-0.3, -0.25) is 4.79 Å². The third-order valence-electron chi connectivity index (χ3n) is 3.84. The Kier molecular flexibility index (Phi) is 3.84. The molecule has 1 aliphatic carbocycles. The predicted molar refractivity (Wildman–Crippen MR) is 84.2 cm³/mol. The number of anilines is 1. The fourth-order valence-corrected chi connectivity index (χ4v) is 2.98. The second-order valence-electron chi connectivity index (χ2n) is 5.27. The summed E-state index contributed by atoms with van der Waals surface area (Å²) in [6.45, 7) is 0. The third-order valence-corrected chi connectivity index (χ3v) is 4.17. The van der Waals surface area contributed by atoms with E-state index in [2.05, 4.69) is 11.4 Å². The van der Waals surface area contributed by atoms with Gasteiger partial charge in [0.05, 0.1) is 10.6 Å². The van der Waals surface area contributed by atoms with E-state index in [4.69, 9.17) is 11.6 Å². The molecule has 3 rings (SSSR count). The lowest BCUT2D eigenvalue weighted by Gasteiger charge is -2.19. The van der Waals surface area contributed by atoms with E-state index >= 15 is 0 Å². The number of amides is 1. The van der Waals surface area contributed by atoms with Gasteiger partial charge in [0.1, 0.15) is 5.75 Å². The molecule has 0 atom stereocenters. The SMILES string of the molecule is O=C(Nc1cccc2c1CCCC2)c1cc(O)ccc1Cl. The van der Waals surface area contributed by atoms with E-state index in [0.29, 0.717) is 5.02 Å². The summed E-state index contributed by atoms with van der Waals surface area (Å²) in [6.07, 6.45) is 4.39. The largest absolute Gasteiger partial charge is 0.508 e. The number of hydrogen-bond donors (Lipinski definition) is 2. The van der Waals surface area contributed by atoms with Gasteiger partial charge in [-0.15, -0.1) is 0 Å². The van der Waals surface area contributed by atoms with Crippen LogP contribution >= 0.6 is 11.6 Å². The molecule has 3 nitrogen and oxygen atoms in total. The molecule has 0 bridgehead atoms. The fraction of sp³-hybridized carbons (Fsp3) is 0.235. The van der Waals surface area contributed by atoms with Gasteiger partial charge in [0.15, 0.2) is 0 Å². The summed E-state index contributed by atoms with van der Waals surface area (Å²) in [4.78, 5) is 12.4. The van der Waals surface area contributed by atoms with Crippen LogP contribution in [-0.4, -0.2) is 11.0 Å². The standard InChI is InChI=1S/C17H16ClNO2/c18-15-9-8-12(20)10-14(15)17(21)19-16-7-3-5-11-4-1-2-6-13(11)16/h3,5,7-10,20H,1-2,4,6H2,(H,19,21). The Hall–Kier alpha value is -2.00. The van der Waals surface area contributed by atoms with Crippen molar-refractivity contribution in [1.29, 1.82) is 0 Å². The molecule has 1 aliphatic rings. The number of carbonyl (C=O) groups excluding carboxylic acids is 1. The molecule has 0 fully saturated rings. The van der Waals surface area contributed by atoms with Gasteiger partial charge in [0.25, 0.3) is 5.91 Å². The fourth-order valence-electron chi connectivity index (χ4n) is 2.78. The highest BCUT2D eigenvalue weighted by atomic mass is 35.5. The summed E-state index contributed by atoms with van der Waals surface area (Å²) < 4.78 is 0. The highest BCUT2D eigenvalue weighted by Crippen LogP contribution is 2.29. The van der Waals surface area contributed by atoms with Crippen LogP contribution in [-0.2, 0) is 12.8 Å². The smallest absolute Gasteiger partial charge is 0.257 e. The van der Waals surface area contributed by atoms with Crippen LogP contribution in [0.25, 0.3) is 0 Å². The maximum absolute atomic E-state index is 12.4. The molecule has 21 heavy (non-hydrogen) atoms. The Labute approximate surface area is 128 Å². The minimum Gasteiger partial charge on any atom is -0.508 e. The van der Waals surface area contributed by atoms with Gasteiger partial charge in [-0.1, -0.05) is 23.7 Å². The number of rotatable bonds is 2. The molecule has 0 aromatic heterocycles. The lowest BCUT2D eigenvalue weighted by atomic mass is 9.90. The number of benzene rings is 2. The quantitative estimate of drug-likeness (QED) is 0.874. The van der Waals surface area contributed by atoms with E-state index in [1.165, 1.54) is 35.7 Å². The average molecular weight is 302 g/mol. The molecule has 0 aliphatic heterocycles. The summed E-state index contributed by atoms with van der Waals surface area (Å²) in [5.74, 6) is -0.269. The monoisotopic (exact) mass is 301 g/mol.